The minimum atomic E-state index is -0.527. The second kappa shape index (κ2) is 6.75. The number of nitrogens with two attached hydrogens (primary N) is 1. The summed E-state index contributed by atoms with van der Waals surface area (Å²) in [6, 6.07) is 0. The molecule has 0 radical (unpaired) electrons. The molecule has 0 unspecified atom stereocenters. The fraction of sp³-hybridized carbons (Fsp3) is 0.846. The molecule has 0 aliphatic carbocycles. The first-order valence-electron chi connectivity index (χ1n) is 6.43. The first-order valence-corrected chi connectivity index (χ1v) is 6.43. The Morgan fingerprint density at radius 3 is 2.05 bits per heavy atom. The van der Waals surface area contributed by atoms with Crippen molar-refractivity contribution in [2.45, 2.75) is 52.7 Å². The maximum atomic E-state index is 12.1. The highest BCUT2D eigenvalue weighted by Crippen LogP contribution is 2.17. The molecule has 0 aromatic carbocycles. The second-order valence-corrected chi connectivity index (χ2v) is 6.45. The van der Waals surface area contributed by atoms with Gasteiger partial charge in [-0.2, -0.15) is 0 Å². The van der Waals surface area contributed by atoms with Crippen LogP contribution in [0.3, 0.4) is 0 Å². The quantitative estimate of drug-likeness (QED) is 0.735. The molecule has 6 heteroatoms. The van der Waals surface area contributed by atoms with E-state index in [0.29, 0.717) is 13.1 Å². The Bertz CT molecular complexity index is 316. The van der Waals surface area contributed by atoms with Gasteiger partial charge in [0.1, 0.15) is 5.60 Å². The molecule has 0 aliphatic rings. The topological polar surface area (TPSA) is 84.7 Å². The number of amides is 2. The van der Waals surface area contributed by atoms with Gasteiger partial charge in [-0.3, -0.25) is 4.79 Å². The van der Waals surface area contributed by atoms with E-state index < -0.39 is 11.5 Å². The molecule has 0 saturated carbocycles. The SMILES string of the molecule is CC(C)(C)OC(=O)N(CCNCC(N)=O)C(C)(C)C. The van der Waals surface area contributed by atoms with E-state index >= 15 is 0 Å². The van der Waals surface area contributed by atoms with Crippen molar-refractivity contribution in [3.63, 3.8) is 0 Å². The maximum absolute atomic E-state index is 12.1. The van der Waals surface area contributed by atoms with Crippen molar-refractivity contribution >= 4 is 12.0 Å². The zero-order chi connectivity index (χ0) is 15.3. The van der Waals surface area contributed by atoms with Gasteiger partial charge in [-0.1, -0.05) is 0 Å². The van der Waals surface area contributed by atoms with E-state index in [1.807, 2.05) is 41.5 Å². The summed E-state index contributed by atoms with van der Waals surface area (Å²) >= 11 is 0. The average Bonchev–Trinajstić information content (AvgIpc) is 2.11. The fourth-order valence-corrected chi connectivity index (χ4v) is 1.42. The van der Waals surface area contributed by atoms with Gasteiger partial charge >= 0.3 is 6.09 Å². The molecular formula is C13H27N3O3. The van der Waals surface area contributed by atoms with Gasteiger partial charge in [0.15, 0.2) is 0 Å². The lowest BCUT2D eigenvalue weighted by atomic mass is 10.1. The Balaban J connectivity index is 4.49. The molecule has 0 atom stereocenters. The van der Waals surface area contributed by atoms with Crippen LogP contribution in [0.2, 0.25) is 0 Å². The molecule has 6 nitrogen and oxygen atoms in total. The largest absolute Gasteiger partial charge is 0.444 e. The Labute approximate surface area is 115 Å². The predicted octanol–water partition coefficient (Wildman–Crippen LogP) is 1.10. The van der Waals surface area contributed by atoms with Crippen LogP contribution >= 0.6 is 0 Å². The van der Waals surface area contributed by atoms with E-state index in [1.54, 1.807) is 4.90 Å². The second-order valence-electron chi connectivity index (χ2n) is 6.45. The number of nitrogens with zero attached hydrogens (tertiary/aromatic N) is 1. The lowest BCUT2D eigenvalue weighted by Crippen LogP contribution is -2.50. The third-order valence-electron chi connectivity index (χ3n) is 2.24. The highest BCUT2D eigenvalue weighted by atomic mass is 16.6. The minimum absolute atomic E-state index is 0.103. The summed E-state index contributed by atoms with van der Waals surface area (Å²) in [6.45, 7) is 12.3. The number of nitrogens with one attached hydrogen (secondary N) is 1. The molecule has 19 heavy (non-hydrogen) atoms. The van der Waals surface area contributed by atoms with Gasteiger partial charge in [0.2, 0.25) is 5.91 Å². The van der Waals surface area contributed by atoms with Crippen LogP contribution < -0.4 is 11.1 Å². The zero-order valence-electron chi connectivity index (χ0n) is 12.9. The normalized spacial score (nSPS) is 12.1. The first kappa shape index (κ1) is 17.7. The summed E-state index contributed by atoms with van der Waals surface area (Å²) in [5, 5.41) is 2.88. The van der Waals surface area contributed by atoms with Gasteiger partial charge in [-0.05, 0) is 41.5 Å². The van der Waals surface area contributed by atoms with Crippen LogP contribution in [0, 0.1) is 0 Å². The molecule has 0 aromatic heterocycles. The van der Waals surface area contributed by atoms with Crippen molar-refractivity contribution in [1.29, 1.82) is 0 Å². The third-order valence-corrected chi connectivity index (χ3v) is 2.24. The van der Waals surface area contributed by atoms with Crippen molar-refractivity contribution in [2.24, 2.45) is 5.73 Å². The third kappa shape index (κ3) is 8.42. The van der Waals surface area contributed by atoms with Crippen molar-refractivity contribution in [1.82, 2.24) is 10.2 Å². The molecule has 2 amide bonds. The van der Waals surface area contributed by atoms with Crippen molar-refractivity contribution in [2.75, 3.05) is 19.6 Å². The molecule has 0 rings (SSSR count). The Kier molecular flexibility index (Phi) is 6.29. The summed E-state index contributed by atoms with van der Waals surface area (Å²) in [7, 11) is 0. The van der Waals surface area contributed by atoms with Crippen molar-refractivity contribution < 1.29 is 14.3 Å². The number of primary amides is 1. The number of rotatable bonds is 5. The van der Waals surface area contributed by atoms with E-state index in [2.05, 4.69) is 5.32 Å². The predicted molar refractivity (Wildman–Crippen MR) is 74.8 cm³/mol. The van der Waals surface area contributed by atoms with Crippen LogP contribution in [0.4, 0.5) is 4.79 Å². The van der Waals surface area contributed by atoms with Gasteiger partial charge < -0.3 is 20.7 Å². The summed E-state index contributed by atoms with van der Waals surface area (Å²) in [6.07, 6.45) is -0.360. The van der Waals surface area contributed by atoms with Gasteiger partial charge in [0.25, 0.3) is 0 Å². The molecular weight excluding hydrogens is 246 g/mol. The molecule has 0 aliphatic heterocycles. The Morgan fingerprint density at radius 2 is 1.68 bits per heavy atom. The Hall–Kier alpha value is -1.30. The Morgan fingerprint density at radius 1 is 1.16 bits per heavy atom. The molecule has 0 fully saturated rings. The smallest absolute Gasteiger partial charge is 0.410 e. The molecule has 3 N–H and O–H groups in total. The average molecular weight is 273 g/mol. The van der Waals surface area contributed by atoms with Crippen LogP contribution in [0.1, 0.15) is 41.5 Å². The summed E-state index contributed by atoms with van der Waals surface area (Å²) in [4.78, 5) is 24.4. The van der Waals surface area contributed by atoms with Gasteiger partial charge in [-0.15, -0.1) is 0 Å². The van der Waals surface area contributed by atoms with Crippen molar-refractivity contribution in [3.8, 4) is 0 Å². The van der Waals surface area contributed by atoms with Crippen LogP contribution in [-0.4, -0.2) is 47.7 Å². The monoisotopic (exact) mass is 273 g/mol. The lowest BCUT2D eigenvalue weighted by molar-refractivity contribution is -0.117. The molecule has 0 bridgehead atoms. The summed E-state index contributed by atoms with van der Waals surface area (Å²) in [5.41, 5.74) is 4.15. The van der Waals surface area contributed by atoms with Crippen LogP contribution in [0.5, 0.6) is 0 Å². The zero-order valence-corrected chi connectivity index (χ0v) is 12.9. The van der Waals surface area contributed by atoms with E-state index in [9.17, 15) is 9.59 Å². The molecule has 112 valence electrons. The van der Waals surface area contributed by atoms with E-state index in [-0.39, 0.29) is 18.2 Å². The lowest BCUT2D eigenvalue weighted by Gasteiger charge is -2.36. The minimum Gasteiger partial charge on any atom is -0.444 e. The van der Waals surface area contributed by atoms with Gasteiger partial charge in [-0.25, -0.2) is 4.79 Å². The first-order chi connectivity index (χ1) is 8.43. The van der Waals surface area contributed by atoms with Crippen LogP contribution in [-0.2, 0) is 9.53 Å². The molecule has 0 aromatic rings. The van der Waals surface area contributed by atoms with Gasteiger partial charge in [0.05, 0.1) is 6.54 Å². The van der Waals surface area contributed by atoms with Crippen molar-refractivity contribution in [3.05, 3.63) is 0 Å². The highest BCUT2D eigenvalue weighted by molar-refractivity contribution is 5.75. The number of ether oxygens (including phenoxy) is 1. The molecule has 0 heterocycles. The van der Waals surface area contributed by atoms with Crippen LogP contribution in [0.25, 0.3) is 0 Å². The standard InChI is InChI=1S/C13H27N3O3/c1-12(2,3)16(8-7-15-9-10(14)17)11(18)19-13(4,5)6/h15H,7-9H2,1-6H3,(H2,14,17). The van der Waals surface area contributed by atoms with E-state index in [4.69, 9.17) is 10.5 Å². The van der Waals surface area contributed by atoms with Crippen LogP contribution in [0.15, 0.2) is 0 Å². The number of hydrogen-bond donors (Lipinski definition) is 2. The summed E-state index contributed by atoms with van der Waals surface area (Å²) < 4.78 is 5.37. The summed E-state index contributed by atoms with van der Waals surface area (Å²) in [5.74, 6) is -0.417. The maximum Gasteiger partial charge on any atom is 0.410 e. The molecule has 0 spiro atoms. The fourth-order valence-electron chi connectivity index (χ4n) is 1.42. The van der Waals surface area contributed by atoms with E-state index in [0.717, 1.165) is 0 Å². The van der Waals surface area contributed by atoms with Gasteiger partial charge in [0, 0.05) is 18.6 Å². The number of carbonyl (C=O) groups is 2. The highest BCUT2D eigenvalue weighted by Gasteiger charge is 2.30. The number of hydrogen-bond acceptors (Lipinski definition) is 4. The van der Waals surface area contributed by atoms with E-state index in [1.165, 1.54) is 0 Å². The molecule has 0 saturated heterocycles. The number of carbonyl (C=O) groups excluding carboxylic acids is 2.